The highest BCUT2D eigenvalue weighted by Crippen LogP contribution is 2.24. The topological polar surface area (TPSA) is 80.9 Å². The van der Waals surface area contributed by atoms with Crippen LogP contribution in [0.15, 0.2) is 0 Å². The van der Waals surface area contributed by atoms with E-state index in [9.17, 15) is 13.6 Å². The second kappa shape index (κ2) is 5.89. The van der Waals surface area contributed by atoms with Gasteiger partial charge in [0.25, 0.3) is 6.43 Å². The maximum atomic E-state index is 12.0. The molecule has 1 unspecified atom stereocenters. The molecule has 0 aliphatic carbocycles. The number of nitrogens with one attached hydrogen (secondary N) is 1. The van der Waals surface area contributed by atoms with Crippen LogP contribution in [0.1, 0.15) is 18.4 Å². The number of amides is 1. The number of halogens is 3. The Bertz CT molecular complexity index is 333. The van der Waals surface area contributed by atoms with Gasteiger partial charge in [0.15, 0.2) is 5.01 Å². The van der Waals surface area contributed by atoms with E-state index in [1.807, 2.05) is 0 Å². The van der Waals surface area contributed by atoms with E-state index in [4.69, 9.17) is 5.73 Å². The fourth-order valence-electron chi connectivity index (χ4n) is 0.592. The van der Waals surface area contributed by atoms with Gasteiger partial charge in [0.2, 0.25) is 11.0 Å². The van der Waals surface area contributed by atoms with Crippen molar-refractivity contribution in [3.05, 3.63) is 5.01 Å². The monoisotopic (exact) mass is 258 g/mol. The van der Waals surface area contributed by atoms with Crippen LogP contribution in [0.4, 0.5) is 13.9 Å². The first-order valence-corrected chi connectivity index (χ1v) is 4.50. The van der Waals surface area contributed by atoms with Gasteiger partial charge in [-0.3, -0.25) is 10.1 Å². The Labute approximate surface area is 94.5 Å². The highest BCUT2D eigenvalue weighted by Gasteiger charge is 2.16. The number of alkyl halides is 2. The SMILES string of the molecule is CC(N)C(=O)Nc1nnc(C(F)F)s1.Cl. The van der Waals surface area contributed by atoms with Gasteiger partial charge in [0.1, 0.15) is 0 Å². The molecule has 5 nitrogen and oxygen atoms in total. The summed E-state index contributed by atoms with van der Waals surface area (Å²) in [5.41, 5.74) is 5.25. The lowest BCUT2D eigenvalue weighted by molar-refractivity contribution is -0.117. The van der Waals surface area contributed by atoms with Crippen LogP contribution in [0.25, 0.3) is 0 Å². The highest BCUT2D eigenvalue weighted by molar-refractivity contribution is 7.15. The van der Waals surface area contributed by atoms with E-state index in [-0.39, 0.29) is 17.5 Å². The van der Waals surface area contributed by atoms with E-state index in [0.29, 0.717) is 11.3 Å². The van der Waals surface area contributed by atoms with E-state index in [1.54, 1.807) is 0 Å². The Balaban J connectivity index is 0.00000196. The minimum absolute atomic E-state index is 0. The normalized spacial score (nSPS) is 12.1. The van der Waals surface area contributed by atoms with Crippen LogP contribution in [0.3, 0.4) is 0 Å². The predicted molar refractivity (Wildman–Crippen MR) is 54.4 cm³/mol. The zero-order valence-electron chi connectivity index (χ0n) is 7.61. The Morgan fingerprint density at radius 1 is 1.53 bits per heavy atom. The number of nitrogens with two attached hydrogens (primary N) is 1. The van der Waals surface area contributed by atoms with Crippen LogP contribution in [0, 0.1) is 0 Å². The molecule has 1 rings (SSSR count). The number of aromatic nitrogens is 2. The third kappa shape index (κ3) is 4.02. The molecule has 1 atom stereocenters. The Morgan fingerprint density at radius 2 is 2.13 bits per heavy atom. The molecule has 1 heterocycles. The summed E-state index contributed by atoms with van der Waals surface area (Å²) in [5, 5.41) is 8.42. The van der Waals surface area contributed by atoms with Crippen molar-refractivity contribution in [1.82, 2.24) is 10.2 Å². The number of nitrogens with zero attached hydrogens (tertiary/aromatic N) is 2. The molecular formula is C6H9ClF2N4OS. The maximum Gasteiger partial charge on any atom is 0.291 e. The van der Waals surface area contributed by atoms with Crippen molar-refractivity contribution in [2.75, 3.05) is 5.32 Å². The number of carbonyl (C=O) groups is 1. The summed E-state index contributed by atoms with van der Waals surface area (Å²) < 4.78 is 24.1. The summed E-state index contributed by atoms with van der Waals surface area (Å²) >= 11 is 0.627. The van der Waals surface area contributed by atoms with Gasteiger partial charge < -0.3 is 5.73 Å². The molecule has 0 saturated carbocycles. The standard InChI is InChI=1S/C6H8F2N4OS.ClH/c1-2(9)4(13)10-6-12-11-5(14-6)3(7)8;/h2-3H,9H2,1H3,(H,10,12,13);1H. The smallest absolute Gasteiger partial charge is 0.291 e. The molecule has 1 aromatic rings. The van der Waals surface area contributed by atoms with Crippen LogP contribution in [-0.2, 0) is 4.79 Å². The van der Waals surface area contributed by atoms with E-state index in [1.165, 1.54) is 6.92 Å². The van der Waals surface area contributed by atoms with Gasteiger partial charge >= 0.3 is 0 Å². The van der Waals surface area contributed by atoms with Crippen molar-refractivity contribution in [2.24, 2.45) is 5.73 Å². The van der Waals surface area contributed by atoms with Crippen molar-refractivity contribution in [3.8, 4) is 0 Å². The number of carbonyl (C=O) groups excluding carboxylic acids is 1. The Morgan fingerprint density at radius 3 is 2.53 bits per heavy atom. The molecule has 86 valence electrons. The number of anilines is 1. The van der Waals surface area contributed by atoms with E-state index >= 15 is 0 Å². The average molecular weight is 259 g/mol. The fraction of sp³-hybridized carbons (Fsp3) is 0.500. The van der Waals surface area contributed by atoms with Crippen molar-refractivity contribution < 1.29 is 13.6 Å². The van der Waals surface area contributed by atoms with Gasteiger partial charge in [0.05, 0.1) is 6.04 Å². The van der Waals surface area contributed by atoms with Crippen LogP contribution < -0.4 is 11.1 Å². The molecule has 3 N–H and O–H groups in total. The van der Waals surface area contributed by atoms with Crippen LogP contribution in [0.2, 0.25) is 0 Å². The van der Waals surface area contributed by atoms with Crippen LogP contribution in [-0.4, -0.2) is 22.1 Å². The van der Waals surface area contributed by atoms with Gasteiger partial charge in [-0.15, -0.1) is 22.6 Å². The van der Waals surface area contributed by atoms with Gasteiger partial charge in [-0.2, -0.15) is 0 Å². The molecule has 0 aromatic carbocycles. The van der Waals surface area contributed by atoms with Gasteiger partial charge in [-0.1, -0.05) is 11.3 Å². The van der Waals surface area contributed by atoms with Gasteiger partial charge in [-0.25, -0.2) is 8.78 Å². The lowest BCUT2D eigenvalue weighted by Crippen LogP contribution is -2.32. The molecule has 0 bridgehead atoms. The Kier molecular flexibility index (Phi) is 5.55. The number of hydrogen-bond donors (Lipinski definition) is 2. The molecular weight excluding hydrogens is 250 g/mol. The number of hydrogen-bond acceptors (Lipinski definition) is 5. The summed E-state index contributed by atoms with van der Waals surface area (Å²) in [6.45, 7) is 1.48. The third-order valence-corrected chi connectivity index (χ3v) is 2.12. The van der Waals surface area contributed by atoms with Crippen LogP contribution in [0.5, 0.6) is 0 Å². The third-order valence-electron chi connectivity index (χ3n) is 1.27. The molecule has 1 amide bonds. The molecule has 0 radical (unpaired) electrons. The van der Waals surface area contributed by atoms with Crippen molar-refractivity contribution >= 4 is 34.8 Å². The van der Waals surface area contributed by atoms with Gasteiger partial charge in [0, 0.05) is 0 Å². The van der Waals surface area contributed by atoms with E-state index in [0.717, 1.165) is 0 Å². The first-order valence-electron chi connectivity index (χ1n) is 3.68. The second-order valence-corrected chi connectivity index (χ2v) is 3.53. The lowest BCUT2D eigenvalue weighted by atomic mass is 10.3. The molecule has 0 aliphatic rings. The van der Waals surface area contributed by atoms with Crippen molar-refractivity contribution in [3.63, 3.8) is 0 Å². The van der Waals surface area contributed by atoms with E-state index < -0.39 is 23.4 Å². The largest absolute Gasteiger partial charge is 0.320 e. The average Bonchev–Trinajstić information content (AvgIpc) is 2.52. The molecule has 0 saturated heterocycles. The number of rotatable bonds is 3. The molecule has 0 aliphatic heterocycles. The summed E-state index contributed by atoms with van der Waals surface area (Å²) in [6.07, 6.45) is -2.67. The van der Waals surface area contributed by atoms with Crippen molar-refractivity contribution in [1.29, 1.82) is 0 Å². The van der Waals surface area contributed by atoms with E-state index in [2.05, 4.69) is 15.5 Å². The predicted octanol–water partition coefficient (Wildman–Crippen LogP) is 1.18. The summed E-state index contributed by atoms with van der Waals surface area (Å²) in [5.74, 6) is -0.484. The zero-order chi connectivity index (χ0) is 10.7. The van der Waals surface area contributed by atoms with Crippen LogP contribution >= 0.6 is 23.7 Å². The first kappa shape index (κ1) is 14.1. The molecule has 9 heteroatoms. The van der Waals surface area contributed by atoms with Gasteiger partial charge in [-0.05, 0) is 6.92 Å². The molecule has 1 aromatic heterocycles. The molecule has 0 fully saturated rings. The molecule has 0 spiro atoms. The highest BCUT2D eigenvalue weighted by atomic mass is 35.5. The summed E-state index contributed by atoms with van der Waals surface area (Å²) in [7, 11) is 0. The van der Waals surface area contributed by atoms with Crippen molar-refractivity contribution in [2.45, 2.75) is 19.4 Å². The minimum Gasteiger partial charge on any atom is -0.320 e. The minimum atomic E-state index is -2.67. The lowest BCUT2D eigenvalue weighted by Gasteiger charge is -2.02. The quantitative estimate of drug-likeness (QED) is 0.853. The Hall–Kier alpha value is -0.860. The second-order valence-electron chi connectivity index (χ2n) is 2.52. The summed E-state index contributed by atoms with van der Waals surface area (Å²) in [6, 6.07) is -0.714. The first-order chi connectivity index (χ1) is 6.50. The fourth-order valence-corrected chi connectivity index (χ4v) is 1.19. The molecule has 15 heavy (non-hydrogen) atoms. The summed E-state index contributed by atoms with van der Waals surface area (Å²) in [4.78, 5) is 11.0. The zero-order valence-corrected chi connectivity index (χ0v) is 9.24. The maximum absolute atomic E-state index is 12.0.